The highest BCUT2D eigenvalue weighted by atomic mass is 16.5. The number of carbonyl (C=O) groups is 2. The summed E-state index contributed by atoms with van der Waals surface area (Å²) in [5, 5.41) is 13.9. The minimum atomic E-state index is -0.368. The van der Waals surface area contributed by atoms with E-state index >= 15 is 0 Å². The molecule has 32 heavy (non-hydrogen) atoms. The highest BCUT2D eigenvalue weighted by molar-refractivity contribution is 6.05. The van der Waals surface area contributed by atoms with E-state index < -0.39 is 0 Å². The van der Waals surface area contributed by atoms with E-state index in [1.54, 1.807) is 65.2 Å². The van der Waals surface area contributed by atoms with Crippen LogP contribution in [-0.4, -0.2) is 31.4 Å². The van der Waals surface area contributed by atoms with Crippen LogP contribution < -0.4 is 15.4 Å². The fourth-order valence-corrected chi connectivity index (χ4v) is 3.01. The molecule has 4 aromatic rings. The summed E-state index contributed by atoms with van der Waals surface area (Å²) in [6.07, 6.45) is 3.37. The van der Waals surface area contributed by atoms with Crippen LogP contribution in [0.15, 0.2) is 73.1 Å². The van der Waals surface area contributed by atoms with Gasteiger partial charge in [-0.05, 0) is 48.9 Å². The van der Waals surface area contributed by atoms with Crippen LogP contribution in [0.4, 0.5) is 11.4 Å². The standard InChI is InChI=1S/C23H22N6O3/c1-16-6-3-4-9-21(16)32-15-29-13-11-20(27-29)23(31)25-18-8-5-7-17(14-18)24-22(30)19-10-12-28(2)26-19/h3-14H,15H2,1-2H3,(H,24,30)(H,25,31). The number of hydrogen-bond donors (Lipinski definition) is 2. The quantitative estimate of drug-likeness (QED) is 0.467. The molecule has 0 unspecified atom stereocenters. The molecule has 2 aromatic carbocycles. The number of aryl methyl sites for hydroxylation is 2. The summed E-state index contributed by atoms with van der Waals surface area (Å²) in [4.78, 5) is 24.9. The maximum atomic E-state index is 12.6. The second-order valence-corrected chi connectivity index (χ2v) is 7.14. The van der Waals surface area contributed by atoms with Crippen molar-refractivity contribution in [3.05, 3.63) is 90.0 Å². The van der Waals surface area contributed by atoms with Crippen molar-refractivity contribution in [2.24, 2.45) is 7.05 Å². The zero-order valence-electron chi connectivity index (χ0n) is 17.6. The molecule has 0 bridgehead atoms. The maximum Gasteiger partial charge on any atom is 0.276 e. The molecular formula is C23H22N6O3. The first kappa shape index (κ1) is 20.9. The van der Waals surface area contributed by atoms with Crippen LogP contribution in [0.1, 0.15) is 26.5 Å². The average molecular weight is 430 g/mol. The lowest BCUT2D eigenvalue weighted by Crippen LogP contribution is -2.15. The van der Waals surface area contributed by atoms with Gasteiger partial charge in [0.15, 0.2) is 18.1 Å². The van der Waals surface area contributed by atoms with Gasteiger partial charge < -0.3 is 15.4 Å². The van der Waals surface area contributed by atoms with E-state index in [0.29, 0.717) is 17.1 Å². The number of anilines is 2. The molecule has 4 rings (SSSR count). The minimum Gasteiger partial charge on any atom is -0.471 e. The van der Waals surface area contributed by atoms with Gasteiger partial charge in [0, 0.05) is 30.8 Å². The fourth-order valence-electron chi connectivity index (χ4n) is 3.01. The van der Waals surface area contributed by atoms with Crippen molar-refractivity contribution in [2.75, 3.05) is 10.6 Å². The lowest BCUT2D eigenvalue weighted by atomic mass is 10.2. The Morgan fingerprint density at radius 2 is 1.53 bits per heavy atom. The number of rotatable bonds is 7. The summed E-state index contributed by atoms with van der Waals surface area (Å²) in [7, 11) is 1.74. The molecule has 0 aliphatic heterocycles. The summed E-state index contributed by atoms with van der Waals surface area (Å²) < 4.78 is 8.85. The first-order valence-corrected chi connectivity index (χ1v) is 9.92. The number of nitrogens with zero attached hydrogens (tertiary/aromatic N) is 4. The number of carbonyl (C=O) groups excluding carboxylic acids is 2. The molecule has 0 aliphatic rings. The lowest BCUT2D eigenvalue weighted by molar-refractivity contribution is 0.101. The van der Waals surface area contributed by atoms with E-state index in [0.717, 1.165) is 11.3 Å². The Kier molecular flexibility index (Phi) is 5.98. The van der Waals surface area contributed by atoms with Crippen LogP contribution in [0.3, 0.4) is 0 Å². The molecule has 2 N–H and O–H groups in total. The average Bonchev–Trinajstić information content (AvgIpc) is 3.43. The van der Waals surface area contributed by atoms with Crippen LogP contribution in [0, 0.1) is 6.92 Å². The normalized spacial score (nSPS) is 10.6. The molecule has 9 heteroatoms. The predicted molar refractivity (Wildman–Crippen MR) is 120 cm³/mol. The fraction of sp³-hybridized carbons (Fsp3) is 0.130. The number of amides is 2. The first-order chi connectivity index (χ1) is 15.5. The van der Waals surface area contributed by atoms with Crippen molar-refractivity contribution < 1.29 is 14.3 Å². The molecule has 0 spiro atoms. The van der Waals surface area contributed by atoms with Crippen molar-refractivity contribution in [1.29, 1.82) is 0 Å². The van der Waals surface area contributed by atoms with Crippen molar-refractivity contribution in [3.63, 3.8) is 0 Å². The van der Waals surface area contributed by atoms with Crippen molar-refractivity contribution >= 4 is 23.2 Å². The van der Waals surface area contributed by atoms with E-state index in [1.165, 1.54) is 0 Å². The second kappa shape index (κ2) is 9.17. The van der Waals surface area contributed by atoms with Crippen LogP contribution in [0.5, 0.6) is 5.75 Å². The van der Waals surface area contributed by atoms with Gasteiger partial charge in [0.25, 0.3) is 11.8 Å². The van der Waals surface area contributed by atoms with E-state index in [-0.39, 0.29) is 24.2 Å². The molecule has 0 saturated carbocycles. The molecule has 0 saturated heterocycles. The Hall–Kier alpha value is -4.40. The van der Waals surface area contributed by atoms with E-state index in [2.05, 4.69) is 20.8 Å². The Bertz CT molecular complexity index is 1260. The van der Waals surface area contributed by atoms with Gasteiger partial charge in [-0.1, -0.05) is 24.3 Å². The second-order valence-electron chi connectivity index (χ2n) is 7.14. The molecular weight excluding hydrogens is 408 g/mol. The summed E-state index contributed by atoms with van der Waals surface area (Å²) in [6.45, 7) is 2.15. The summed E-state index contributed by atoms with van der Waals surface area (Å²) in [5.74, 6) is 0.0629. The van der Waals surface area contributed by atoms with E-state index in [9.17, 15) is 9.59 Å². The monoisotopic (exact) mass is 430 g/mol. The number of hydrogen-bond acceptors (Lipinski definition) is 5. The van der Waals surface area contributed by atoms with Crippen molar-refractivity contribution in [1.82, 2.24) is 19.6 Å². The molecule has 0 aliphatic carbocycles. The van der Waals surface area contributed by atoms with Gasteiger partial charge in [0.2, 0.25) is 0 Å². The SMILES string of the molecule is Cc1ccccc1OCn1ccc(C(=O)Nc2cccc(NC(=O)c3ccn(C)n3)c2)n1. The molecule has 2 heterocycles. The molecule has 0 radical (unpaired) electrons. The van der Waals surface area contributed by atoms with Crippen LogP contribution in [0.2, 0.25) is 0 Å². The maximum absolute atomic E-state index is 12.6. The van der Waals surface area contributed by atoms with Gasteiger partial charge in [-0.25, -0.2) is 4.68 Å². The summed E-state index contributed by atoms with van der Waals surface area (Å²) in [6, 6.07) is 17.8. The molecule has 2 amide bonds. The topological polar surface area (TPSA) is 103 Å². The smallest absolute Gasteiger partial charge is 0.276 e. The number of nitrogens with one attached hydrogen (secondary N) is 2. The van der Waals surface area contributed by atoms with Crippen molar-refractivity contribution in [3.8, 4) is 5.75 Å². The molecule has 0 atom stereocenters. The third kappa shape index (κ3) is 5.01. The molecule has 162 valence electrons. The Morgan fingerprint density at radius 1 is 0.875 bits per heavy atom. The van der Waals surface area contributed by atoms with Crippen molar-refractivity contribution in [2.45, 2.75) is 13.7 Å². The number of ether oxygens (including phenoxy) is 1. The van der Waals surface area contributed by atoms with Gasteiger partial charge >= 0.3 is 0 Å². The minimum absolute atomic E-state index is 0.188. The summed E-state index contributed by atoms with van der Waals surface area (Å²) in [5.41, 5.74) is 2.64. The lowest BCUT2D eigenvalue weighted by Gasteiger charge is -2.09. The Morgan fingerprint density at radius 3 is 2.19 bits per heavy atom. The zero-order chi connectivity index (χ0) is 22.5. The van der Waals surface area contributed by atoms with Gasteiger partial charge in [-0.15, -0.1) is 0 Å². The van der Waals surface area contributed by atoms with E-state index in [1.807, 2.05) is 31.2 Å². The molecule has 2 aromatic heterocycles. The molecule has 9 nitrogen and oxygen atoms in total. The summed E-state index contributed by atoms with van der Waals surface area (Å²) >= 11 is 0. The zero-order valence-corrected chi connectivity index (χ0v) is 17.6. The third-order valence-electron chi connectivity index (χ3n) is 4.64. The predicted octanol–water partition coefficient (Wildman–Crippen LogP) is 3.47. The largest absolute Gasteiger partial charge is 0.471 e. The van der Waals surface area contributed by atoms with Gasteiger partial charge in [0.1, 0.15) is 5.75 Å². The highest BCUT2D eigenvalue weighted by Crippen LogP contribution is 2.18. The van der Waals surface area contributed by atoms with E-state index in [4.69, 9.17) is 4.74 Å². The third-order valence-corrected chi connectivity index (χ3v) is 4.64. The number of para-hydroxylation sites is 1. The van der Waals surface area contributed by atoms with Crippen LogP contribution >= 0.6 is 0 Å². The van der Waals surface area contributed by atoms with Gasteiger partial charge in [-0.3, -0.25) is 14.3 Å². The Labute approximate surface area is 184 Å². The van der Waals surface area contributed by atoms with Crippen LogP contribution in [-0.2, 0) is 13.8 Å². The first-order valence-electron chi connectivity index (χ1n) is 9.92. The van der Waals surface area contributed by atoms with Gasteiger partial charge in [0.05, 0.1) is 0 Å². The number of aromatic nitrogens is 4. The Balaban J connectivity index is 1.36. The van der Waals surface area contributed by atoms with Crippen LogP contribution in [0.25, 0.3) is 0 Å². The highest BCUT2D eigenvalue weighted by Gasteiger charge is 2.12. The number of benzene rings is 2. The molecule has 0 fully saturated rings. The van der Waals surface area contributed by atoms with Gasteiger partial charge in [-0.2, -0.15) is 10.2 Å².